The predicted octanol–water partition coefficient (Wildman–Crippen LogP) is 2.76. The third-order valence-electron chi connectivity index (χ3n) is 3.61. The van der Waals surface area contributed by atoms with Crippen molar-refractivity contribution in [1.29, 1.82) is 0 Å². The average molecular weight is 282 g/mol. The average Bonchev–Trinajstić information content (AvgIpc) is 2.46. The van der Waals surface area contributed by atoms with Crippen molar-refractivity contribution in [2.24, 2.45) is 0 Å². The van der Waals surface area contributed by atoms with Gasteiger partial charge < -0.3 is 19.4 Å². The van der Waals surface area contributed by atoms with E-state index in [9.17, 15) is 15.0 Å². The molecule has 3 aromatic rings. The summed E-state index contributed by atoms with van der Waals surface area (Å²) in [6.07, 6.45) is 0. The number of rotatable bonds is 0. The summed E-state index contributed by atoms with van der Waals surface area (Å²) in [5, 5.41) is 19.7. The molecule has 0 atom stereocenters. The molecule has 0 fully saturated rings. The van der Waals surface area contributed by atoms with Gasteiger partial charge in [-0.2, -0.15) is 0 Å². The zero-order chi connectivity index (χ0) is 14.6. The van der Waals surface area contributed by atoms with Crippen LogP contribution in [0.5, 0.6) is 17.2 Å². The quantitative estimate of drug-likeness (QED) is 0.620. The van der Waals surface area contributed by atoms with Gasteiger partial charge >= 0.3 is 5.63 Å². The van der Waals surface area contributed by atoms with Crippen molar-refractivity contribution in [2.75, 3.05) is 0 Å². The monoisotopic (exact) mass is 282 g/mol. The van der Waals surface area contributed by atoms with Crippen molar-refractivity contribution >= 4 is 11.0 Å². The van der Waals surface area contributed by atoms with Crippen molar-refractivity contribution in [1.82, 2.24) is 0 Å². The van der Waals surface area contributed by atoms with E-state index in [1.165, 1.54) is 24.3 Å². The standard InChI is InChI=1S/C16H10O5/c17-8-2-4-11-13(5-8)20-7-12-10-3-1-9(18)6-14(10)21-16(19)15(11)12/h1-6,17-18H,7H2. The molecule has 104 valence electrons. The lowest BCUT2D eigenvalue weighted by molar-refractivity contribution is 0.300. The Hall–Kier alpha value is -2.95. The highest BCUT2D eigenvalue weighted by Crippen LogP contribution is 2.40. The summed E-state index contributed by atoms with van der Waals surface area (Å²) in [4.78, 5) is 12.3. The van der Waals surface area contributed by atoms with E-state index in [1.807, 2.05) is 0 Å². The molecule has 0 radical (unpaired) electrons. The SMILES string of the molecule is O=c1oc2cc(O)ccc2c2c1-c1ccc(O)cc1OC2. The van der Waals surface area contributed by atoms with Gasteiger partial charge in [-0.05, 0) is 24.3 Å². The van der Waals surface area contributed by atoms with Crippen LogP contribution in [-0.2, 0) is 6.61 Å². The van der Waals surface area contributed by atoms with Gasteiger partial charge in [-0.25, -0.2) is 4.79 Å². The van der Waals surface area contributed by atoms with Gasteiger partial charge in [-0.3, -0.25) is 0 Å². The molecule has 0 saturated heterocycles. The molecule has 0 bridgehead atoms. The molecule has 21 heavy (non-hydrogen) atoms. The van der Waals surface area contributed by atoms with E-state index in [0.717, 1.165) is 10.9 Å². The van der Waals surface area contributed by atoms with Crippen molar-refractivity contribution in [2.45, 2.75) is 6.61 Å². The van der Waals surface area contributed by atoms with Crippen molar-refractivity contribution in [3.8, 4) is 28.4 Å². The van der Waals surface area contributed by atoms with Crippen LogP contribution in [0.15, 0.2) is 45.6 Å². The molecular weight excluding hydrogens is 272 g/mol. The van der Waals surface area contributed by atoms with Gasteiger partial charge in [0.15, 0.2) is 0 Å². The number of hydrogen-bond acceptors (Lipinski definition) is 5. The molecule has 2 aromatic carbocycles. The molecule has 5 heteroatoms. The van der Waals surface area contributed by atoms with Crippen molar-refractivity contribution < 1.29 is 19.4 Å². The Morgan fingerprint density at radius 1 is 1.00 bits per heavy atom. The first kappa shape index (κ1) is 11.8. The van der Waals surface area contributed by atoms with Gasteiger partial charge in [0.1, 0.15) is 29.4 Å². The summed E-state index contributed by atoms with van der Waals surface area (Å²) in [5.41, 5.74) is 1.59. The molecule has 1 aromatic heterocycles. The maximum atomic E-state index is 12.3. The fourth-order valence-electron chi connectivity index (χ4n) is 2.66. The number of aromatic hydroxyl groups is 2. The largest absolute Gasteiger partial charge is 0.508 e. The second-order valence-corrected chi connectivity index (χ2v) is 4.89. The van der Waals surface area contributed by atoms with Crippen LogP contribution in [0, 0.1) is 0 Å². The molecule has 5 nitrogen and oxygen atoms in total. The van der Waals surface area contributed by atoms with Crippen LogP contribution >= 0.6 is 0 Å². The third-order valence-corrected chi connectivity index (χ3v) is 3.61. The number of benzene rings is 2. The topological polar surface area (TPSA) is 79.9 Å². The highest BCUT2D eigenvalue weighted by Gasteiger charge is 2.24. The molecule has 2 heterocycles. The Bertz CT molecular complexity index is 939. The first-order valence-corrected chi connectivity index (χ1v) is 6.38. The minimum Gasteiger partial charge on any atom is -0.508 e. The Balaban J connectivity index is 2.11. The molecule has 0 saturated carbocycles. The Labute approximate surface area is 118 Å². The van der Waals surface area contributed by atoms with Crippen LogP contribution in [0.2, 0.25) is 0 Å². The second-order valence-electron chi connectivity index (χ2n) is 4.89. The molecule has 0 amide bonds. The fourth-order valence-corrected chi connectivity index (χ4v) is 2.66. The molecule has 1 aliphatic rings. The first-order valence-electron chi connectivity index (χ1n) is 6.38. The van der Waals surface area contributed by atoms with Gasteiger partial charge in [0, 0.05) is 28.6 Å². The summed E-state index contributed by atoms with van der Waals surface area (Å²) >= 11 is 0. The molecule has 1 aliphatic heterocycles. The van der Waals surface area contributed by atoms with E-state index in [1.54, 1.807) is 12.1 Å². The van der Waals surface area contributed by atoms with Crippen LogP contribution < -0.4 is 10.4 Å². The maximum Gasteiger partial charge on any atom is 0.344 e. The van der Waals surface area contributed by atoms with Crippen LogP contribution in [0.25, 0.3) is 22.1 Å². The van der Waals surface area contributed by atoms with Crippen LogP contribution in [0.1, 0.15) is 5.56 Å². The molecule has 0 unspecified atom stereocenters. The Morgan fingerprint density at radius 3 is 2.62 bits per heavy atom. The number of phenols is 2. The lowest BCUT2D eigenvalue weighted by Gasteiger charge is -2.20. The van der Waals surface area contributed by atoms with Crippen LogP contribution in [0.4, 0.5) is 0 Å². The van der Waals surface area contributed by atoms with Crippen molar-refractivity contribution in [3.05, 3.63) is 52.4 Å². The van der Waals surface area contributed by atoms with E-state index in [4.69, 9.17) is 9.15 Å². The summed E-state index contributed by atoms with van der Waals surface area (Å²) < 4.78 is 10.9. The zero-order valence-electron chi connectivity index (χ0n) is 10.8. The second kappa shape index (κ2) is 4.02. The van der Waals surface area contributed by atoms with Gasteiger partial charge in [0.05, 0.1) is 5.56 Å². The number of phenolic OH excluding ortho intramolecular Hbond substituents is 2. The number of ether oxygens (including phenoxy) is 1. The Morgan fingerprint density at radius 2 is 1.76 bits per heavy atom. The van der Waals surface area contributed by atoms with E-state index < -0.39 is 5.63 Å². The van der Waals surface area contributed by atoms with Crippen LogP contribution in [0.3, 0.4) is 0 Å². The zero-order valence-corrected chi connectivity index (χ0v) is 10.8. The predicted molar refractivity (Wildman–Crippen MR) is 75.6 cm³/mol. The first-order chi connectivity index (χ1) is 10.1. The van der Waals surface area contributed by atoms with Gasteiger partial charge in [0.2, 0.25) is 0 Å². The molecule has 0 spiro atoms. The number of hydrogen-bond donors (Lipinski definition) is 2. The van der Waals surface area contributed by atoms with E-state index in [-0.39, 0.29) is 18.1 Å². The highest BCUT2D eigenvalue weighted by molar-refractivity contribution is 5.89. The van der Waals surface area contributed by atoms with Crippen LogP contribution in [-0.4, -0.2) is 10.2 Å². The lowest BCUT2D eigenvalue weighted by Crippen LogP contribution is -2.14. The fraction of sp³-hybridized carbons (Fsp3) is 0.0625. The molecule has 4 rings (SSSR count). The highest BCUT2D eigenvalue weighted by atomic mass is 16.5. The van der Waals surface area contributed by atoms with Gasteiger partial charge in [-0.1, -0.05) is 0 Å². The van der Waals surface area contributed by atoms with E-state index in [2.05, 4.69) is 0 Å². The lowest BCUT2D eigenvalue weighted by atomic mass is 9.96. The van der Waals surface area contributed by atoms with Crippen molar-refractivity contribution in [3.63, 3.8) is 0 Å². The summed E-state index contributed by atoms with van der Waals surface area (Å²) in [7, 11) is 0. The summed E-state index contributed by atoms with van der Waals surface area (Å²) in [5.74, 6) is 0.563. The Kier molecular flexibility index (Phi) is 2.27. The molecule has 0 aliphatic carbocycles. The minimum absolute atomic E-state index is 0.0349. The third kappa shape index (κ3) is 1.67. The van der Waals surface area contributed by atoms with Gasteiger partial charge in [0.25, 0.3) is 0 Å². The smallest absolute Gasteiger partial charge is 0.344 e. The molecule has 2 N–H and O–H groups in total. The maximum absolute atomic E-state index is 12.3. The molecular formula is C16H10O5. The van der Waals surface area contributed by atoms with Gasteiger partial charge in [-0.15, -0.1) is 0 Å². The van der Waals surface area contributed by atoms with E-state index >= 15 is 0 Å². The number of fused-ring (bicyclic) bond motifs is 5. The summed E-state index contributed by atoms with van der Waals surface area (Å²) in [6.45, 7) is 0.207. The van der Waals surface area contributed by atoms with E-state index in [0.29, 0.717) is 22.5 Å². The minimum atomic E-state index is -0.488. The summed E-state index contributed by atoms with van der Waals surface area (Å²) in [6, 6.07) is 9.24. The normalized spacial score (nSPS) is 12.6.